The molecule has 0 bridgehead atoms. The Balaban J connectivity index is 0.000000250. The van der Waals surface area contributed by atoms with E-state index in [1.807, 2.05) is 65.8 Å². The van der Waals surface area contributed by atoms with E-state index < -0.39 is 42.0 Å². The van der Waals surface area contributed by atoms with Gasteiger partial charge in [-0.2, -0.15) is 13.2 Å². The highest BCUT2D eigenvalue weighted by molar-refractivity contribution is 6.29. The summed E-state index contributed by atoms with van der Waals surface area (Å²) in [7, 11) is 5.32. The van der Waals surface area contributed by atoms with Crippen LogP contribution in [0, 0.1) is 11.3 Å². The van der Waals surface area contributed by atoms with Crippen LogP contribution >= 0.6 is 11.6 Å². The Morgan fingerprint density at radius 2 is 1.69 bits per heavy atom. The number of ether oxygens (including phenoxy) is 3. The van der Waals surface area contributed by atoms with Gasteiger partial charge in [-0.3, -0.25) is 43.5 Å². The van der Waals surface area contributed by atoms with Gasteiger partial charge in [0, 0.05) is 107 Å². The molecule has 0 radical (unpaired) electrons. The van der Waals surface area contributed by atoms with Crippen molar-refractivity contribution in [3.8, 4) is 0 Å². The Bertz CT molecular complexity index is 2630. The first kappa shape index (κ1) is 66.2. The second-order valence-electron chi connectivity index (χ2n) is 23.4. The Kier molecular flexibility index (Phi) is 23.7. The molecule has 0 spiro atoms. The van der Waals surface area contributed by atoms with E-state index >= 15 is 0 Å². The van der Waals surface area contributed by atoms with Gasteiger partial charge in [-0.05, 0) is 95.3 Å². The molecule has 5 fully saturated rings. The van der Waals surface area contributed by atoms with Crippen LogP contribution in [0.15, 0.2) is 66.6 Å². The average molecular weight is 1190 g/mol. The van der Waals surface area contributed by atoms with E-state index in [0.29, 0.717) is 73.5 Å². The van der Waals surface area contributed by atoms with E-state index in [0.717, 1.165) is 56.9 Å². The van der Waals surface area contributed by atoms with Crippen LogP contribution in [0.2, 0.25) is 5.15 Å². The average Bonchev–Trinajstić information content (AvgIpc) is 4.43. The molecule has 2 aliphatic carbocycles. The third kappa shape index (κ3) is 19.0. The number of carbonyl (C=O) groups excluding carboxylic acids is 5. The first-order valence-electron chi connectivity index (χ1n) is 28.5. The van der Waals surface area contributed by atoms with E-state index in [2.05, 4.69) is 42.3 Å². The van der Waals surface area contributed by atoms with Gasteiger partial charge in [0.2, 0.25) is 5.91 Å². The number of aromatic nitrogens is 3. The molecule has 3 saturated heterocycles. The van der Waals surface area contributed by atoms with Crippen molar-refractivity contribution in [3.63, 3.8) is 0 Å². The number of hydrogen-bond donors (Lipinski definition) is 3. The van der Waals surface area contributed by atoms with Crippen molar-refractivity contribution in [2.24, 2.45) is 11.3 Å². The standard InChI is InChI=1S/C35H48F3N5O4.C14H28N4O2.C9H9ClFN3O2/c1-25-18-28(42-14-16-46-17-15-42)8-9-43(22-35(36,37)38)33(31(25)20-34(3,4)23-47-24-44)30-19-29(21-39-32(30)26(2)45-5)41-12-10-40(11-13-41)27-6-7-27;1-10(2)12(17(4)5)13(19)16-11(3)14(20)18-9-7-6-8-15-18;10-7-3-14(5-12-7)8(16)13-6-1-9(11,2-6)4-15/h8-9,18-19,21,24,26-27H,1,6-7,10-17,20,22-23H2,2-5H3;10-12,15H,6-9H2,1-5H3,(H,16,19);3-6H,1-2H2,(H,13,16)/b9-8-,28-18+,33-31-;;. The highest BCUT2D eigenvalue weighted by atomic mass is 35.5. The number of hydrazine groups is 1. The largest absolute Gasteiger partial charge is 0.467 e. The molecule has 2 saturated carbocycles. The third-order valence-corrected chi connectivity index (χ3v) is 15.5. The summed E-state index contributed by atoms with van der Waals surface area (Å²) in [5.74, 6) is 0.0302. The lowest BCUT2D eigenvalue weighted by Crippen LogP contribution is -2.57. The highest BCUT2D eigenvalue weighted by Crippen LogP contribution is 2.42. The summed E-state index contributed by atoms with van der Waals surface area (Å²) in [5.41, 5.74) is 4.94. The molecule has 4 aliphatic heterocycles. The van der Waals surface area contributed by atoms with Gasteiger partial charge in [0.15, 0.2) is 12.0 Å². The first-order chi connectivity index (χ1) is 39.2. The smallest absolute Gasteiger partial charge is 0.406 e. The van der Waals surface area contributed by atoms with Gasteiger partial charge in [0.05, 0.1) is 61.4 Å². The minimum atomic E-state index is -4.52. The number of hydrogen-bond acceptors (Lipinski definition) is 16. The molecule has 3 N–H and O–H groups in total. The number of pyridine rings is 1. The second-order valence-corrected chi connectivity index (χ2v) is 23.8. The number of anilines is 1. The molecule has 3 amide bonds. The van der Waals surface area contributed by atoms with Gasteiger partial charge in [0.1, 0.15) is 24.1 Å². The zero-order chi connectivity index (χ0) is 60.8. The summed E-state index contributed by atoms with van der Waals surface area (Å²) < 4.78 is 74.2. The van der Waals surface area contributed by atoms with E-state index in [-0.39, 0.29) is 67.1 Å². The molecule has 460 valence electrons. The molecule has 8 rings (SSSR count). The maximum absolute atomic E-state index is 14.5. The number of halogens is 5. The number of piperazine rings is 1. The third-order valence-electron chi connectivity index (χ3n) is 15.3. The van der Waals surface area contributed by atoms with Gasteiger partial charge in [-0.15, -0.1) is 0 Å². The summed E-state index contributed by atoms with van der Waals surface area (Å²) in [4.78, 5) is 76.1. The maximum Gasteiger partial charge on any atom is 0.406 e. The molecule has 25 heteroatoms. The van der Waals surface area contributed by atoms with Crippen LogP contribution < -0.4 is 21.0 Å². The van der Waals surface area contributed by atoms with E-state index in [1.54, 1.807) is 31.3 Å². The molecule has 3 atom stereocenters. The number of alkyl halides is 4. The van der Waals surface area contributed by atoms with Gasteiger partial charge < -0.3 is 39.5 Å². The Hall–Kier alpha value is -5.92. The molecular weight excluding hydrogens is 1100 g/mol. The number of nitrogens with zero attached hydrogens (tertiary/aromatic N) is 9. The van der Waals surface area contributed by atoms with Crippen LogP contribution in [0.1, 0.15) is 104 Å². The number of rotatable bonds is 19. The van der Waals surface area contributed by atoms with E-state index in [9.17, 15) is 41.5 Å². The number of aldehydes is 1. The van der Waals surface area contributed by atoms with Crippen LogP contribution in [0.5, 0.6) is 0 Å². The van der Waals surface area contributed by atoms with Gasteiger partial charge in [-0.25, -0.2) is 19.6 Å². The van der Waals surface area contributed by atoms with Crippen molar-refractivity contribution in [2.75, 3.05) is 105 Å². The number of imidazole rings is 1. The predicted octanol–water partition coefficient (Wildman–Crippen LogP) is 6.91. The summed E-state index contributed by atoms with van der Waals surface area (Å²) in [6.45, 7) is 22.4. The molecule has 2 aromatic heterocycles. The van der Waals surface area contributed by atoms with Crippen LogP contribution in [0.3, 0.4) is 0 Å². The lowest BCUT2D eigenvalue weighted by Gasteiger charge is -2.38. The Morgan fingerprint density at radius 1 is 1.00 bits per heavy atom. The van der Waals surface area contributed by atoms with Crippen LogP contribution in [-0.4, -0.2) is 206 Å². The number of likely N-dealkylation sites (N-methyl/N-ethyl adjacent to an activating group) is 1. The fourth-order valence-electron chi connectivity index (χ4n) is 10.8. The van der Waals surface area contributed by atoms with Gasteiger partial charge >= 0.3 is 12.2 Å². The molecule has 6 aliphatic rings. The molecule has 20 nitrogen and oxygen atoms in total. The quantitative estimate of drug-likeness (QED) is 0.0968. The zero-order valence-electron chi connectivity index (χ0n) is 49.5. The molecule has 0 aromatic carbocycles. The summed E-state index contributed by atoms with van der Waals surface area (Å²) in [6.07, 6.45) is 9.77. The first-order valence-corrected chi connectivity index (χ1v) is 28.9. The predicted molar refractivity (Wildman–Crippen MR) is 308 cm³/mol. The van der Waals surface area contributed by atoms with E-state index in [4.69, 9.17) is 30.8 Å². The molecule has 3 unspecified atom stereocenters. The topological polar surface area (TPSA) is 199 Å². The summed E-state index contributed by atoms with van der Waals surface area (Å²) in [6, 6.07) is 1.16. The maximum atomic E-state index is 14.5. The summed E-state index contributed by atoms with van der Waals surface area (Å²) >= 11 is 5.54. The van der Waals surface area contributed by atoms with Crippen molar-refractivity contribution < 1.29 is 55.7 Å². The molecule has 2 aromatic rings. The van der Waals surface area contributed by atoms with Crippen LogP contribution in [-0.2, 0) is 33.4 Å². The number of nitrogens with one attached hydrogen (secondary N) is 3. The second kappa shape index (κ2) is 29.7. The lowest BCUT2D eigenvalue weighted by atomic mass is 9.78. The Labute approximate surface area is 490 Å². The fourth-order valence-corrected chi connectivity index (χ4v) is 10.9. The minimum absolute atomic E-state index is 0.0185. The SMILES string of the molecule is C=C1/C=C(N2CCOCC2)\C=C/N(CC(F)(F)F)/C(c2cc(N3CCN(C4CC4)CC3)cnc2C(C)OC)=C\1CC(C)(C)COC=O.CC(NC(=O)C(C(C)C)N(C)C)C(=O)N1CCCCN1.O=CC1(F)CC(NC(=O)n2cnc(Cl)c2)C1. The fraction of sp³-hybridized carbons (Fsp3) is 0.638. The molecular formula is C58H85ClF4N12O8. The number of amides is 3. The van der Waals surface area contributed by atoms with Crippen LogP contribution in [0.4, 0.5) is 28.0 Å². The van der Waals surface area contributed by atoms with Crippen molar-refractivity contribution in [1.82, 2.24) is 55.2 Å². The van der Waals surface area contributed by atoms with Gasteiger partial charge in [-0.1, -0.05) is 45.9 Å². The monoisotopic (exact) mass is 1190 g/mol. The normalized spacial score (nSPS) is 23.8. The summed E-state index contributed by atoms with van der Waals surface area (Å²) in [5, 5.41) is 7.21. The number of carbonyl (C=O) groups is 5. The van der Waals surface area contributed by atoms with E-state index in [1.165, 1.54) is 41.0 Å². The minimum Gasteiger partial charge on any atom is -0.467 e. The van der Waals surface area contributed by atoms with Crippen molar-refractivity contribution in [1.29, 1.82) is 0 Å². The number of methoxy groups -OCH3 is 1. The Morgan fingerprint density at radius 3 is 2.24 bits per heavy atom. The molecule has 6 heterocycles. The molecule has 83 heavy (non-hydrogen) atoms. The van der Waals surface area contributed by atoms with Crippen molar-refractivity contribution in [2.45, 2.75) is 129 Å². The zero-order valence-corrected chi connectivity index (χ0v) is 50.2. The number of allylic oxidation sites excluding steroid dienone is 4. The van der Waals surface area contributed by atoms with Crippen molar-refractivity contribution in [3.05, 3.63) is 83.0 Å². The van der Waals surface area contributed by atoms with Gasteiger partial charge in [0.25, 0.3) is 12.4 Å². The number of morpholine rings is 1. The van der Waals surface area contributed by atoms with Crippen molar-refractivity contribution >= 4 is 53.6 Å². The highest BCUT2D eigenvalue weighted by Gasteiger charge is 2.46. The van der Waals surface area contributed by atoms with Crippen LogP contribution in [0.25, 0.3) is 5.70 Å². The lowest BCUT2D eigenvalue weighted by molar-refractivity contribution is -0.140.